The first kappa shape index (κ1) is 16.5. The molecule has 1 aliphatic heterocycles. The van der Waals surface area contributed by atoms with Gasteiger partial charge in [0, 0.05) is 24.5 Å². The van der Waals surface area contributed by atoms with E-state index in [9.17, 15) is 0 Å². The van der Waals surface area contributed by atoms with Gasteiger partial charge in [0.25, 0.3) is 0 Å². The minimum Gasteiger partial charge on any atom is -0.313 e. The van der Waals surface area contributed by atoms with Crippen molar-refractivity contribution in [2.45, 2.75) is 52.0 Å². The van der Waals surface area contributed by atoms with Crippen molar-refractivity contribution in [2.24, 2.45) is 5.92 Å². The number of piperidine rings is 1. The molecule has 0 unspecified atom stereocenters. The van der Waals surface area contributed by atoms with Gasteiger partial charge in [-0.1, -0.05) is 58.0 Å². The van der Waals surface area contributed by atoms with E-state index in [2.05, 4.69) is 68.2 Å². The minimum atomic E-state index is 0.205. The van der Waals surface area contributed by atoms with Crippen LogP contribution in [0.1, 0.15) is 46.1 Å². The molecule has 0 aliphatic carbocycles. The Morgan fingerprint density at radius 3 is 2.33 bits per heavy atom. The van der Waals surface area contributed by atoms with Gasteiger partial charge in [-0.25, -0.2) is 0 Å². The topological polar surface area (TPSA) is 15.3 Å². The van der Waals surface area contributed by atoms with E-state index in [-0.39, 0.29) is 5.41 Å². The van der Waals surface area contributed by atoms with Crippen LogP contribution in [0.5, 0.6) is 0 Å². The van der Waals surface area contributed by atoms with Crippen LogP contribution in [0.4, 0.5) is 0 Å². The van der Waals surface area contributed by atoms with E-state index in [1.807, 2.05) is 0 Å². The molecule has 0 saturated carbocycles. The molecule has 1 N–H and O–H groups in total. The number of nitrogens with one attached hydrogen (secondary N) is 1. The van der Waals surface area contributed by atoms with Crippen LogP contribution in [0, 0.1) is 5.92 Å². The van der Waals surface area contributed by atoms with Crippen molar-refractivity contribution in [3.05, 3.63) is 35.9 Å². The van der Waals surface area contributed by atoms with E-state index in [4.69, 9.17) is 0 Å². The first-order chi connectivity index (χ1) is 9.97. The zero-order chi connectivity index (χ0) is 15.3. The average Bonchev–Trinajstić information content (AvgIpc) is 2.47. The molecule has 0 spiro atoms. The highest BCUT2D eigenvalue weighted by molar-refractivity contribution is 5.23. The molecule has 0 atom stereocenters. The van der Waals surface area contributed by atoms with Crippen molar-refractivity contribution in [1.29, 1.82) is 0 Å². The Balaban J connectivity index is 1.77. The summed E-state index contributed by atoms with van der Waals surface area (Å²) in [5, 5.41) is 3.81. The molecule has 1 aliphatic rings. The highest BCUT2D eigenvalue weighted by atomic mass is 15.1. The lowest BCUT2D eigenvalue weighted by Crippen LogP contribution is -2.46. The molecular formula is C19H32N2. The largest absolute Gasteiger partial charge is 0.313 e. The second-order valence-electron chi connectivity index (χ2n) is 7.60. The second kappa shape index (κ2) is 7.42. The first-order valence-electron chi connectivity index (χ1n) is 8.48. The molecule has 0 radical (unpaired) electrons. The van der Waals surface area contributed by atoms with Gasteiger partial charge in [-0.2, -0.15) is 0 Å². The molecule has 0 aromatic heterocycles. The summed E-state index contributed by atoms with van der Waals surface area (Å²) in [6.07, 6.45) is 2.58. The highest BCUT2D eigenvalue weighted by Gasteiger charge is 2.24. The molecule has 1 aromatic rings. The van der Waals surface area contributed by atoms with Crippen molar-refractivity contribution in [3.8, 4) is 0 Å². The van der Waals surface area contributed by atoms with Crippen molar-refractivity contribution >= 4 is 0 Å². The maximum Gasteiger partial charge on any atom is 0.00917 e. The van der Waals surface area contributed by atoms with Gasteiger partial charge in [0.15, 0.2) is 0 Å². The highest BCUT2D eigenvalue weighted by Crippen LogP contribution is 2.22. The molecule has 2 rings (SSSR count). The molecule has 118 valence electrons. The van der Waals surface area contributed by atoms with Crippen molar-refractivity contribution < 1.29 is 0 Å². The monoisotopic (exact) mass is 288 g/mol. The Bertz CT molecular complexity index is 403. The van der Waals surface area contributed by atoms with Crippen molar-refractivity contribution in [2.75, 3.05) is 26.2 Å². The Morgan fingerprint density at radius 1 is 1.14 bits per heavy atom. The lowest BCUT2D eigenvalue weighted by molar-refractivity contribution is 0.177. The standard InChI is InChI=1S/C19H32N2/c1-16(2)14-21-12-10-18(11-13-21)20-15-19(3,4)17-8-6-5-7-9-17/h5-9,16,18,20H,10-15H2,1-4H3. The van der Waals surface area contributed by atoms with Crippen LogP contribution < -0.4 is 5.32 Å². The second-order valence-corrected chi connectivity index (χ2v) is 7.60. The number of benzene rings is 1. The molecule has 0 bridgehead atoms. The summed E-state index contributed by atoms with van der Waals surface area (Å²) in [7, 11) is 0. The number of nitrogens with zero attached hydrogens (tertiary/aromatic N) is 1. The zero-order valence-electron chi connectivity index (χ0n) is 14.2. The lowest BCUT2D eigenvalue weighted by atomic mass is 9.84. The van der Waals surface area contributed by atoms with Crippen LogP contribution in [-0.4, -0.2) is 37.1 Å². The van der Waals surface area contributed by atoms with E-state index in [1.54, 1.807) is 0 Å². The smallest absolute Gasteiger partial charge is 0.00917 e. The average molecular weight is 288 g/mol. The lowest BCUT2D eigenvalue weighted by Gasteiger charge is -2.35. The minimum absolute atomic E-state index is 0.205. The summed E-state index contributed by atoms with van der Waals surface area (Å²) < 4.78 is 0. The van der Waals surface area contributed by atoms with Crippen LogP contribution >= 0.6 is 0 Å². The number of rotatable bonds is 6. The van der Waals surface area contributed by atoms with Crippen molar-refractivity contribution in [1.82, 2.24) is 10.2 Å². The summed E-state index contributed by atoms with van der Waals surface area (Å²) >= 11 is 0. The molecule has 1 fully saturated rings. The van der Waals surface area contributed by atoms with Crippen LogP contribution in [0.2, 0.25) is 0 Å². The third-order valence-electron chi connectivity index (χ3n) is 4.60. The van der Waals surface area contributed by atoms with E-state index < -0.39 is 0 Å². The molecule has 2 heteroatoms. The maximum atomic E-state index is 3.81. The Morgan fingerprint density at radius 2 is 1.76 bits per heavy atom. The molecule has 2 nitrogen and oxygen atoms in total. The molecule has 1 saturated heterocycles. The van der Waals surface area contributed by atoms with Gasteiger partial charge in [0.1, 0.15) is 0 Å². The van der Waals surface area contributed by atoms with E-state index in [1.165, 1.54) is 38.0 Å². The summed E-state index contributed by atoms with van der Waals surface area (Å²) in [5.41, 5.74) is 1.63. The SMILES string of the molecule is CC(C)CN1CCC(NCC(C)(C)c2ccccc2)CC1. The first-order valence-corrected chi connectivity index (χ1v) is 8.48. The predicted molar refractivity (Wildman–Crippen MR) is 91.8 cm³/mol. The quantitative estimate of drug-likeness (QED) is 0.859. The van der Waals surface area contributed by atoms with E-state index >= 15 is 0 Å². The van der Waals surface area contributed by atoms with Gasteiger partial charge in [0.2, 0.25) is 0 Å². The fourth-order valence-corrected chi connectivity index (χ4v) is 3.23. The molecule has 21 heavy (non-hydrogen) atoms. The number of hydrogen-bond donors (Lipinski definition) is 1. The third-order valence-corrected chi connectivity index (χ3v) is 4.60. The summed E-state index contributed by atoms with van der Waals surface area (Å²) in [5.74, 6) is 0.784. The summed E-state index contributed by atoms with van der Waals surface area (Å²) in [6.45, 7) is 14.1. The predicted octanol–water partition coefficient (Wildman–Crippen LogP) is 3.67. The third kappa shape index (κ3) is 5.12. The molecular weight excluding hydrogens is 256 g/mol. The Kier molecular flexibility index (Phi) is 5.83. The number of likely N-dealkylation sites (tertiary alicyclic amines) is 1. The van der Waals surface area contributed by atoms with Crippen LogP contribution in [0.3, 0.4) is 0 Å². The Labute approximate surface area is 130 Å². The fourth-order valence-electron chi connectivity index (χ4n) is 3.23. The van der Waals surface area contributed by atoms with Crippen LogP contribution in [0.25, 0.3) is 0 Å². The zero-order valence-corrected chi connectivity index (χ0v) is 14.2. The van der Waals surface area contributed by atoms with Crippen molar-refractivity contribution in [3.63, 3.8) is 0 Å². The van der Waals surface area contributed by atoms with Crippen LogP contribution in [-0.2, 0) is 5.41 Å². The van der Waals surface area contributed by atoms with Crippen LogP contribution in [0.15, 0.2) is 30.3 Å². The molecule has 1 heterocycles. The van der Waals surface area contributed by atoms with Gasteiger partial charge in [0.05, 0.1) is 0 Å². The van der Waals surface area contributed by atoms with E-state index in [0.29, 0.717) is 6.04 Å². The van der Waals surface area contributed by atoms with Gasteiger partial charge in [-0.15, -0.1) is 0 Å². The van der Waals surface area contributed by atoms with Gasteiger partial charge < -0.3 is 10.2 Å². The molecule has 0 amide bonds. The maximum absolute atomic E-state index is 3.81. The van der Waals surface area contributed by atoms with Gasteiger partial charge >= 0.3 is 0 Å². The Hall–Kier alpha value is -0.860. The molecule has 1 aromatic carbocycles. The normalized spacial score (nSPS) is 18.3. The summed E-state index contributed by atoms with van der Waals surface area (Å²) in [6, 6.07) is 11.6. The summed E-state index contributed by atoms with van der Waals surface area (Å²) in [4.78, 5) is 2.62. The number of hydrogen-bond acceptors (Lipinski definition) is 2. The van der Waals surface area contributed by atoms with E-state index in [0.717, 1.165) is 12.5 Å². The van der Waals surface area contributed by atoms with Gasteiger partial charge in [-0.05, 0) is 37.4 Å². The van der Waals surface area contributed by atoms with Gasteiger partial charge in [-0.3, -0.25) is 0 Å². The fraction of sp³-hybridized carbons (Fsp3) is 0.684.